The summed E-state index contributed by atoms with van der Waals surface area (Å²) in [6, 6.07) is 7.53. The van der Waals surface area contributed by atoms with Crippen molar-refractivity contribution >= 4 is 23.3 Å². The summed E-state index contributed by atoms with van der Waals surface area (Å²) >= 11 is 5.76. The van der Waals surface area contributed by atoms with Crippen LogP contribution in [0.1, 0.15) is 18.4 Å². The Morgan fingerprint density at radius 3 is 2.75 bits per heavy atom. The molecule has 1 aliphatic rings. The van der Waals surface area contributed by atoms with Gasteiger partial charge in [0, 0.05) is 37.9 Å². The molecule has 7 heteroatoms. The number of pyridine rings is 1. The van der Waals surface area contributed by atoms with E-state index in [9.17, 15) is 4.79 Å². The molecule has 0 spiro atoms. The molecule has 0 radical (unpaired) electrons. The molecular formula is C17H20ClN5O. The van der Waals surface area contributed by atoms with Crippen molar-refractivity contribution in [2.24, 2.45) is 5.92 Å². The number of carbonyl (C=O) groups excluding carboxylic acids is 1. The minimum atomic E-state index is 0.0652. The fourth-order valence-electron chi connectivity index (χ4n) is 2.87. The lowest BCUT2D eigenvalue weighted by molar-refractivity contribution is -0.125. The van der Waals surface area contributed by atoms with Gasteiger partial charge in [0.1, 0.15) is 0 Å². The molecule has 3 rings (SSSR count). The average Bonchev–Trinajstić information content (AvgIpc) is 2.63. The smallest absolute Gasteiger partial charge is 0.223 e. The third kappa shape index (κ3) is 4.41. The van der Waals surface area contributed by atoms with Gasteiger partial charge in [-0.1, -0.05) is 17.7 Å². The fraction of sp³-hybridized carbons (Fsp3) is 0.412. The molecule has 6 nitrogen and oxygen atoms in total. The number of nitrogens with zero attached hydrogens (tertiary/aromatic N) is 4. The Hall–Kier alpha value is -2.21. The topological polar surface area (TPSA) is 71.0 Å². The standard InChI is InChI=1S/C17H20ClN5O/c18-15-3-4-16(22-21-15)23-10-6-14(7-11-23)17(24)20-9-5-13-2-1-8-19-12-13/h1-4,8,12,14H,5-7,9-11H2,(H,20,24). The summed E-state index contributed by atoms with van der Waals surface area (Å²) in [5.74, 6) is 1.02. The van der Waals surface area contributed by atoms with Crippen LogP contribution in [0.4, 0.5) is 5.82 Å². The first-order chi connectivity index (χ1) is 11.7. The number of aromatic nitrogens is 3. The maximum absolute atomic E-state index is 12.3. The second-order valence-corrected chi connectivity index (χ2v) is 6.27. The molecule has 0 aromatic carbocycles. The van der Waals surface area contributed by atoms with Crippen LogP contribution in [-0.2, 0) is 11.2 Å². The van der Waals surface area contributed by atoms with E-state index >= 15 is 0 Å². The number of anilines is 1. The highest BCUT2D eigenvalue weighted by atomic mass is 35.5. The summed E-state index contributed by atoms with van der Waals surface area (Å²) in [6.07, 6.45) is 6.03. The monoisotopic (exact) mass is 345 g/mol. The number of hydrogen-bond acceptors (Lipinski definition) is 5. The average molecular weight is 346 g/mol. The molecule has 0 bridgehead atoms. The van der Waals surface area contributed by atoms with Crippen LogP contribution in [0.15, 0.2) is 36.7 Å². The minimum Gasteiger partial charge on any atom is -0.356 e. The number of hydrogen-bond donors (Lipinski definition) is 1. The van der Waals surface area contributed by atoms with Gasteiger partial charge in [-0.05, 0) is 43.0 Å². The van der Waals surface area contributed by atoms with Crippen LogP contribution in [0, 0.1) is 5.92 Å². The quantitative estimate of drug-likeness (QED) is 0.898. The molecule has 2 aromatic rings. The fourth-order valence-corrected chi connectivity index (χ4v) is 2.97. The molecule has 0 aliphatic carbocycles. The van der Waals surface area contributed by atoms with Crippen LogP contribution in [0.5, 0.6) is 0 Å². The van der Waals surface area contributed by atoms with E-state index in [-0.39, 0.29) is 11.8 Å². The number of carbonyl (C=O) groups is 1. The molecule has 24 heavy (non-hydrogen) atoms. The summed E-state index contributed by atoms with van der Waals surface area (Å²) in [6.45, 7) is 2.25. The van der Waals surface area contributed by atoms with Crippen LogP contribution < -0.4 is 10.2 Å². The number of nitrogens with one attached hydrogen (secondary N) is 1. The van der Waals surface area contributed by atoms with E-state index in [4.69, 9.17) is 11.6 Å². The first kappa shape index (κ1) is 16.6. The van der Waals surface area contributed by atoms with Crippen LogP contribution in [0.3, 0.4) is 0 Å². The summed E-state index contributed by atoms with van der Waals surface area (Å²) in [4.78, 5) is 18.5. The maximum Gasteiger partial charge on any atom is 0.223 e. The first-order valence-corrected chi connectivity index (χ1v) is 8.51. The van der Waals surface area contributed by atoms with Crippen LogP contribution in [0.25, 0.3) is 0 Å². The zero-order valence-electron chi connectivity index (χ0n) is 13.4. The molecule has 3 heterocycles. The van der Waals surface area contributed by atoms with E-state index in [0.29, 0.717) is 11.7 Å². The van der Waals surface area contributed by atoms with Gasteiger partial charge in [-0.3, -0.25) is 9.78 Å². The highest BCUT2D eigenvalue weighted by molar-refractivity contribution is 6.29. The Kier molecular flexibility index (Phi) is 5.59. The number of rotatable bonds is 5. The van der Waals surface area contributed by atoms with Gasteiger partial charge in [-0.25, -0.2) is 0 Å². The van der Waals surface area contributed by atoms with Gasteiger partial charge in [0.15, 0.2) is 11.0 Å². The highest BCUT2D eigenvalue weighted by Gasteiger charge is 2.25. The lowest BCUT2D eigenvalue weighted by Crippen LogP contribution is -2.41. The van der Waals surface area contributed by atoms with Gasteiger partial charge in [0.2, 0.25) is 5.91 Å². The largest absolute Gasteiger partial charge is 0.356 e. The predicted molar refractivity (Wildman–Crippen MR) is 92.9 cm³/mol. The van der Waals surface area contributed by atoms with Crippen LogP contribution in [-0.4, -0.2) is 40.7 Å². The molecule has 1 fully saturated rings. The second kappa shape index (κ2) is 8.06. The Bertz CT molecular complexity index is 656. The van der Waals surface area contributed by atoms with Crippen molar-refractivity contribution in [3.05, 3.63) is 47.4 Å². The Balaban J connectivity index is 1.42. The van der Waals surface area contributed by atoms with Crippen molar-refractivity contribution in [1.82, 2.24) is 20.5 Å². The molecule has 1 amide bonds. The van der Waals surface area contributed by atoms with Crippen molar-refractivity contribution in [3.63, 3.8) is 0 Å². The van der Waals surface area contributed by atoms with E-state index in [1.807, 2.05) is 24.4 Å². The molecule has 0 unspecified atom stereocenters. The van der Waals surface area contributed by atoms with Gasteiger partial charge in [-0.15, -0.1) is 10.2 Å². The van der Waals surface area contributed by atoms with E-state index in [2.05, 4.69) is 25.4 Å². The second-order valence-electron chi connectivity index (χ2n) is 5.88. The zero-order valence-corrected chi connectivity index (χ0v) is 14.1. The maximum atomic E-state index is 12.3. The number of halogens is 1. The van der Waals surface area contributed by atoms with Crippen molar-refractivity contribution < 1.29 is 4.79 Å². The highest BCUT2D eigenvalue weighted by Crippen LogP contribution is 2.22. The predicted octanol–water partition coefficient (Wildman–Crippen LogP) is 2.10. The SMILES string of the molecule is O=C(NCCc1cccnc1)C1CCN(c2ccc(Cl)nn2)CC1. The zero-order chi connectivity index (χ0) is 16.8. The van der Waals surface area contributed by atoms with Crippen molar-refractivity contribution in [2.75, 3.05) is 24.5 Å². The van der Waals surface area contributed by atoms with Gasteiger partial charge in [0.05, 0.1) is 0 Å². The molecule has 1 saturated heterocycles. The molecule has 126 valence electrons. The third-order valence-corrected chi connectivity index (χ3v) is 4.44. The third-order valence-electron chi connectivity index (χ3n) is 4.24. The summed E-state index contributed by atoms with van der Waals surface area (Å²) < 4.78 is 0. The van der Waals surface area contributed by atoms with Gasteiger partial charge in [-0.2, -0.15) is 0 Å². The van der Waals surface area contributed by atoms with E-state index in [0.717, 1.165) is 43.7 Å². The first-order valence-electron chi connectivity index (χ1n) is 8.13. The lowest BCUT2D eigenvalue weighted by atomic mass is 9.96. The number of amides is 1. The summed E-state index contributed by atoms with van der Waals surface area (Å²) in [5.41, 5.74) is 1.13. The van der Waals surface area contributed by atoms with E-state index in [1.54, 1.807) is 12.3 Å². The molecule has 1 N–H and O–H groups in total. The van der Waals surface area contributed by atoms with Gasteiger partial charge >= 0.3 is 0 Å². The van der Waals surface area contributed by atoms with Crippen molar-refractivity contribution in [2.45, 2.75) is 19.3 Å². The van der Waals surface area contributed by atoms with Gasteiger partial charge in [0.25, 0.3) is 0 Å². The summed E-state index contributed by atoms with van der Waals surface area (Å²) in [7, 11) is 0. The molecule has 2 aromatic heterocycles. The van der Waals surface area contributed by atoms with Crippen molar-refractivity contribution in [1.29, 1.82) is 0 Å². The lowest BCUT2D eigenvalue weighted by Gasteiger charge is -2.31. The molecule has 0 saturated carbocycles. The van der Waals surface area contributed by atoms with Crippen LogP contribution in [0.2, 0.25) is 5.15 Å². The minimum absolute atomic E-state index is 0.0652. The summed E-state index contributed by atoms with van der Waals surface area (Å²) in [5, 5.41) is 11.4. The Labute approximate surface area is 146 Å². The van der Waals surface area contributed by atoms with E-state index in [1.165, 1.54) is 0 Å². The Morgan fingerprint density at radius 1 is 1.25 bits per heavy atom. The van der Waals surface area contributed by atoms with Crippen LogP contribution >= 0.6 is 11.6 Å². The van der Waals surface area contributed by atoms with Crippen molar-refractivity contribution in [3.8, 4) is 0 Å². The molecular weight excluding hydrogens is 326 g/mol. The van der Waals surface area contributed by atoms with Gasteiger partial charge < -0.3 is 10.2 Å². The van der Waals surface area contributed by atoms with E-state index < -0.39 is 0 Å². The number of piperidine rings is 1. The molecule has 1 aliphatic heterocycles. The molecule has 0 atom stereocenters. The Morgan fingerprint density at radius 2 is 2.08 bits per heavy atom. The normalized spacial score (nSPS) is 15.3.